The lowest BCUT2D eigenvalue weighted by molar-refractivity contribution is -0.124. The molecule has 98 valence electrons. The molecule has 1 saturated carbocycles. The van der Waals surface area contributed by atoms with Crippen molar-refractivity contribution >= 4 is 13.9 Å². The third-order valence-corrected chi connectivity index (χ3v) is 6.70. The lowest BCUT2D eigenvalue weighted by Crippen LogP contribution is -2.40. The van der Waals surface area contributed by atoms with Crippen molar-refractivity contribution in [1.29, 1.82) is 0 Å². The summed E-state index contributed by atoms with van der Waals surface area (Å²) in [4.78, 5) is 12.3. The number of rotatable bonds is 3. The fourth-order valence-corrected chi connectivity index (χ4v) is 6.11. The van der Waals surface area contributed by atoms with E-state index in [-0.39, 0.29) is 5.92 Å². The molecule has 18 heavy (non-hydrogen) atoms. The maximum Gasteiger partial charge on any atom is 0.136 e. The molecule has 0 spiro atoms. The average Bonchev–Trinajstić information content (AvgIpc) is 2.32. The van der Waals surface area contributed by atoms with Crippen molar-refractivity contribution < 1.29 is 4.79 Å². The first-order valence-electron chi connectivity index (χ1n) is 7.08. The highest BCUT2D eigenvalue weighted by molar-refractivity contribution is 6.77. The van der Waals surface area contributed by atoms with Crippen molar-refractivity contribution in [2.45, 2.75) is 50.9 Å². The molecule has 2 rings (SSSR count). The van der Waals surface area contributed by atoms with E-state index < -0.39 is 8.07 Å². The van der Waals surface area contributed by atoms with Crippen molar-refractivity contribution in [2.75, 3.05) is 0 Å². The van der Waals surface area contributed by atoms with Gasteiger partial charge in [0.25, 0.3) is 0 Å². The van der Waals surface area contributed by atoms with Gasteiger partial charge in [0.1, 0.15) is 5.78 Å². The van der Waals surface area contributed by atoms with E-state index in [4.69, 9.17) is 0 Å². The first kappa shape index (κ1) is 13.5. The van der Waals surface area contributed by atoms with E-state index in [1.807, 2.05) is 0 Å². The normalized spacial score (nSPS) is 22.8. The largest absolute Gasteiger partial charge is 0.299 e. The number of carbonyl (C=O) groups is 1. The van der Waals surface area contributed by atoms with E-state index in [2.05, 4.69) is 50.0 Å². The van der Waals surface area contributed by atoms with Gasteiger partial charge in [-0.2, -0.15) is 0 Å². The Morgan fingerprint density at radius 2 is 1.78 bits per heavy atom. The van der Waals surface area contributed by atoms with Gasteiger partial charge in [-0.05, 0) is 23.9 Å². The van der Waals surface area contributed by atoms with Crippen LogP contribution in [0.15, 0.2) is 30.3 Å². The van der Waals surface area contributed by atoms with Gasteiger partial charge in [0.15, 0.2) is 0 Å². The molecule has 0 radical (unpaired) electrons. The van der Waals surface area contributed by atoms with Crippen LogP contribution < -0.4 is 0 Å². The summed E-state index contributed by atoms with van der Waals surface area (Å²) in [5, 5.41) is 0. The zero-order chi connectivity index (χ0) is 13.2. The van der Waals surface area contributed by atoms with Gasteiger partial charge in [0.05, 0.1) is 8.07 Å². The fourth-order valence-electron chi connectivity index (χ4n) is 3.36. The third-order valence-electron chi connectivity index (χ3n) is 4.10. The van der Waals surface area contributed by atoms with Crippen molar-refractivity contribution in [1.82, 2.24) is 0 Å². The predicted molar refractivity (Wildman–Crippen MR) is 79.5 cm³/mol. The second kappa shape index (κ2) is 5.39. The van der Waals surface area contributed by atoms with Crippen LogP contribution >= 0.6 is 0 Å². The summed E-state index contributed by atoms with van der Waals surface area (Å²) in [7, 11) is -1.38. The van der Waals surface area contributed by atoms with Gasteiger partial charge in [-0.25, -0.2) is 0 Å². The van der Waals surface area contributed by atoms with Crippen molar-refractivity contribution in [3.05, 3.63) is 35.9 Å². The molecule has 0 saturated heterocycles. The summed E-state index contributed by atoms with van der Waals surface area (Å²) in [6, 6.07) is 10.7. The highest BCUT2D eigenvalue weighted by Crippen LogP contribution is 2.39. The molecule has 0 aromatic heterocycles. The van der Waals surface area contributed by atoms with Gasteiger partial charge in [-0.15, -0.1) is 0 Å². The van der Waals surface area contributed by atoms with Crippen LogP contribution in [0.3, 0.4) is 0 Å². The number of benzene rings is 1. The lowest BCUT2D eigenvalue weighted by atomic mass is 9.83. The molecule has 2 heteroatoms. The Balaban J connectivity index is 2.34. The fraction of sp³-hybridized carbons (Fsp3) is 0.562. The number of hydrogen-bond donors (Lipinski definition) is 0. The van der Waals surface area contributed by atoms with Gasteiger partial charge in [0, 0.05) is 12.3 Å². The molecule has 0 N–H and O–H groups in total. The highest BCUT2D eigenvalue weighted by Gasteiger charge is 2.39. The first-order chi connectivity index (χ1) is 8.50. The number of Topliss-reactive ketones (excluding diaryl/α,β-unsaturated/α-hetero) is 1. The van der Waals surface area contributed by atoms with E-state index in [1.54, 1.807) is 0 Å². The number of carbonyl (C=O) groups excluding carboxylic acids is 1. The van der Waals surface area contributed by atoms with E-state index in [0.29, 0.717) is 11.3 Å². The van der Waals surface area contributed by atoms with E-state index in [0.717, 1.165) is 19.3 Å². The van der Waals surface area contributed by atoms with E-state index >= 15 is 0 Å². The molecule has 1 aromatic rings. The summed E-state index contributed by atoms with van der Waals surface area (Å²) in [5.41, 5.74) is 1.88. The zero-order valence-electron chi connectivity index (χ0n) is 11.8. The molecular weight excluding hydrogens is 236 g/mol. The van der Waals surface area contributed by atoms with Crippen molar-refractivity contribution in [3.63, 3.8) is 0 Å². The third kappa shape index (κ3) is 2.92. The van der Waals surface area contributed by atoms with Gasteiger partial charge in [-0.3, -0.25) is 4.79 Å². The summed E-state index contributed by atoms with van der Waals surface area (Å²) < 4.78 is 0. The van der Waals surface area contributed by atoms with Crippen LogP contribution in [0, 0.1) is 5.92 Å². The Bertz CT molecular complexity index is 405. The lowest BCUT2D eigenvalue weighted by Gasteiger charge is -2.37. The number of ketones is 1. The molecule has 2 atom stereocenters. The monoisotopic (exact) mass is 260 g/mol. The molecule has 1 nitrogen and oxygen atoms in total. The maximum absolute atomic E-state index is 12.3. The van der Waals surface area contributed by atoms with Gasteiger partial charge in [0.2, 0.25) is 0 Å². The molecule has 0 amide bonds. The Labute approximate surface area is 112 Å². The molecule has 1 aliphatic carbocycles. The second-order valence-electron chi connectivity index (χ2n) is 6.57. The van der Waals surface area contributed by atoms with Crippen LogP contribution in [0.5, 0.6) is 0 Å². The van der Waals surface area contributed by atoms with Crippen molar-refractivity contribution in [3.8, 4) is 0 Å². The van der Waals surface area contributed by atoms with Crippen LogP contribution in [0.25, 0.3) is 0 Å². The van der Waals surface area contributed by atoms with Gasteiger partial charge in [-0.1, -0.05) is 56.4 Å². The molecule has 0 bridgehead atoms. The van der Waals surface area contributed by atoms with Gasteiger partial charge >= 0.3 is 0 Å². The second-order valence-corrected chi connectivity index (χ2v) is 11.9. The Kier molecular flexibility index (Phi) is 4.06. The minimum atomic E-state index is -1.38. The average molecular weight is 260 g/mol. The van der Waals surface area contributed by atoms with Crippen LogP contribution in [-0.2, 0) is 4.79 Å². The standard InChI is InChI=1S/C16H24OSi/c1-18(2,3)16(13-9-5-4-6-10-13)14-11-7-8-12-15(14)17/h4-6,9-10,14,16H,7-8,11-12H2,1-3H3. The minimum absolute atomic E-state index is 0.285. The summed E-state index contributed by atoms with van der Waals surface area (Å²) in [5.74, 6) is 0.797. The molecule has 1 aromatic carbocycles. The topological polar surface area (TPSA) is 17.1 Å². The first-order valence-corrected chi connectivity index (χ1v) is 10.7. The Hall–Kier alpha value is -0.893. The van der Waals surface area contributed by atoms with Crippen LogP contribution in [0.1, 0.15) is 36.8 Å². The summed E-state index contributed by atoms with van der Waals surface area (Å²) >= 11 is 0. The quantitative estimate of drug-likeness (QED) is 0.736. The smallest absolute Gasteiger partial charge is 0.136 e. The van der Waals surface area contributed by atoms with E-state index in [1.165, 1.54) is 12.0 Å². The van der Waals surface area contributed by atoms with Crippen LogP contribution in [-0.4, -0.2) is 13.9 Å². The Morgan fingerprint density at radius 1 is 1.11 bits per heavy atom. The molecule has 1 aliphatic rings. The summed E-state index contributed by atoms with van der Waals surface area (Å²) in [6.45, 7) is 7.19. The predicted octanol–water partition coefficient (Wildman–Crippen LogP) is 4.41. The van der Waals surface area contributed by atoms with Crippen molar-refractivity contribution in [2.24, 2.45) is 5.92 Å². The molecular formula is C16H24OSi. The van der Waals surface area contributed by atoms with Crippen LogP contribution in [0.4, 0.5) is 0 Å². The Morgan fingerprint density at radius 3 is 2.33 bits per heavy atom. The molecule has 1 fully saturated rings. The molecule has 2 unspecified atom stereocenters. The molecule has 0 aliphatic heterocycles. The minimum Gasteiger partial charge on any atom is -0.299 e. The zero-order valence-corrected chi connectivity index (χ0v) is 12.8. The molecule has 0 heterocycles. The highest BCUT2D eigenvalue weighted by atomic mass is 28.3. The number of hydrogen-bond acceptors (Lipinski definition) is 1. The maximum atomic E-state index is 12.3. The SMILES string of the molecule is C[Si](C)(C)C(c1ccccc1)C1CCCCC1=O. The van der Waals surface area contributed by atoms with E-state index in [9.17, 15) is 4.79 Å². The van der Waals surface area contributed by atoms with Crippen LogP contribution in [0.2, 0.25) is 19.6 Å². The van der Waals surface area contributed by atoms with Gasteiger partial charge < -0.3 is 0 Å². The summed E-state index contributed by atoms with van der Waals surface area (Å²) in [6.07, 6.45) is 4.23.